The van der Waals surface area contributed by atoms with Gasteiger partial charge in [-0.05, 0) is 27.8 Å². The smallest absolute Gasteiger partial charge is 0.186 e. The Morgan fingerprint density at radius 2 is 2.24 bits per heavy atom. The average molecular weight is 257 g/mol. The molecule has 0 aliphatic rings. The van der Waals surface area contributed by atoms with Crippen LogP contribution < -0.4 is 10.2 Å². The Balaban J connectivity index is 2.84. The third kappa shape index (κ3) is 3.66. The van der Waals surface area contributed by atoms with E-state index in [0.717, 1.165) is 30.5 Å². The lowest BCUT2D eigenvalue weighted by atomic mass is 10.3. The van der Waals surface area contributed by atoms with Crippen LogP contribution in [0.25, 0.3) is 0 Å². The molecule has 0 spiro atoms. The van der Waals surface area contributed by atoms with Gasteiger partial charge in [-0.15, -0.1) is 11.3 Å². The predicted molar refractivity (Wildman–Crippen MR) is 74.0 cm³/mol. The summed E-state index contributed by atoms with van der Waals surface area (Å²) in [7, 11) is 3.70. The van der Waals surface area contributed by atoms with Gasteiger partial charge >= 0.3 is 0 Å². The van der Waals surface area contributed by atoms with E-state index in [1.807, 2.05) is 7.05 Å². The zero-order valence-electron chi connectivity index (χ0n) is 11.4. The molecule has 5 heteroatoms. The topological polar surface area (TPSA) is 37.4 Å². The molecule has 17 heavy (non-hydrogen) atoms. The Labute approximate surface area is 108 Å². The fourth-order valence-corrected chi connectivity index (χ4v) is 3.07. The van der Waals surface area contributed by atoms with Crippen molar-refractivity contribution in [1.82, 2.24) is 10.3 Å². The number of anilines is 1. The van der Waals surface area contributed by atoms with Gasteiger partial charge in [-0.3, -0.25) is 0 Å². The highest BCUT2D eigenvalue weighted by molar-refractivity contribution is 7.15. The van der Waals surface area contributed by atoms with Crippen LogP contribution in [0.15, 0.2) is 0 Å². The van der Waals surface area contributed by atoms with E-state index in [9.17, 15) is 0 Å². The molecule has 98 valence electrons. The van der Waals surface area contributed by atoms with Crippen LogP contribution in [-0.2, 0) is 11.3 Å². The molecule has 1 aromatic heterocycles. The number of ether oxygens (including phenoxy) is 1. The number of thiazole rings is 1. The Morgan fingerprint density at radius 1 is 1.53 bits per heavy atom. The van der Waals surface area contributed by atoms with Crippen LogP contribution in [0.4, 0.5) is 5.13 Å². The molecule has 0 radical (unpaired) electrons. The molecule has 0 aromatic carbocycles. The van der Waals surface area contributed by atoms with Crippen molar-refractivity contribution in [1.29, 1.82) is 0 Å². The third-order valence-electron chi connectivity index (χ3n) is 2.75. The molecular formula is C12H23N3OS. The van der Waals surface area contributed by atoms with Gasteiger partial charge in [0.15, 0.2) is 5.13 Å². The number of aryl methyl sites for hydroxylation is 1. The summed E-state index contributed by atoms with van der Waals surface area (Å²) in [5.41, 5.74) is 1.13. The molecule has 1 N–H and O–H groups in total. The van der Waals surface area contributed by atoms with E-state index < -0.39 is 0 Å². The first-order chi connectivity index (χ1) is 8.13. The first kappa shape index (κ1) is 14.4. The van der Waals surface area contributed by atoms with Crippen molar-refractivity contribution in [2.45, 2.75) is 33.4 Å². The molecule has 4 nitrogen and oxygen atoms in total. The quantitative estimate of drug-likeness (QED) is 0.811. The lowest BCUT2D eigenvalue weighted by Crippen LogP contribution is -2.36. The van der Waals surface area contributed by atoms with Crippen molar-refractivity contribution in [3.8, 4) is 0 Å². The zero-order chi connectivity index (χ0) is 12.8. The van der Waals surface area contributed by atoms with Crippen molar-refractivity contribution in [2.75, 3.05) is 32.2 Å². The van der Waals surface area contributed by atoms with Gasteiger partial charge in [0.05, 0.1) is 18.3 Å². The van der Waals surface area contributed by atoms with Gasteiger partial charge in [0, 0.05) is 25.1 Å². The largest absolute Gasteiger partial charge is 0.383 e. The van der Waals surface area contributed by atoms with Gasteiger partial charge in [-0.2, -0.15) is 0 Å². The SMILES string of the molecule is CCN(c1nc(C)c(CNC)s1)C(C)COC. The number of likely N-dealkylation sites (N-methyl/N-ethyl adjacent to an activating group) is 1. The van der Waals surface area contributed by atoms with Gasteiger partial charge in [0.2, 0.25) is 0 Å². The van der Waals surface area contributed by atoms with E-state index in [4.69, 9.17) is 4.74 Å². The van der Waals surface area contributed by atoms with E-state index in [2.05, 4.69) is 36.0 Å². The molecule has 1 heterocycles. The predicted octanol–water partition coefficient (Wildman–Crippen LogP) is 2.03. The molecule has 0 aliphatic heterocycles. The van der Waals surface area contributed by atoms with E-state index in [0.29, 0.717) is 6.04 Å². The Hall–Kier alpha value is -0.650. The molecular weight excluding hydrogens is 234 g/mol. The van der Waals surface area contributed by atoms with Crippen LogP contribution in [0.2, 0.25) is 0 Å². The molecule has 1 unspecified atom stereocenters. The third-order valence-corrected chi connectivity index (χ3v) is 3.94. The lowest BCUT2D eigenvalue weighted by Gasteiger charge is -2.26. The van der Waals surface area contributed by atoms with Crippen molar-refractivity contribution in [3.63, 3.8) is 0 Å². The minimum Gasteiger partial charge on any atom is -0.383 e. The van der Waals surface area contributed by atoms with Crippen molar-refractivity contribution in [3.05, 3.63) is 10.6 Å². The van der Waals surface area contributed by atoms with Crippen LogP contribution in [-0.4, -0.2) is 38.3 Å². The van der Waals surface area contributed by atoms with Crippen LogP contribution in [0.3, 0.4) is 0 Å². The van der Waals surface area contributed by atoms with E-state index in [1.165, 1.54) is 4.88 Å². The summed E-state index contributed by atoms with van der Waals surface area (Å²) >= 11 is 1.77. The number of nitrogens with zero attached hydrogens (tertiary/aromatic N) is 2. The molecule has 0 fully saturated rings. The Morgan fingerprint density at radius 3 is 2.76 bits per heavy atom. The highest BCUT2D eigenvalue weighted by atomic mass is 32.1. The lowest BCUT2D eigenvalue weighted by molar-refractivity contribution is 0.182. The van der Waals surface area contributed by atoms with Crippen LogP contribution in [0.5, 0.6) is 0 Å². The van der Waals surface area contributed by atoms with Crippen LogP contribution in [0.1, 0.15) is 24.4 Å². The van der Waals surface area contributed by atoms with Gasteiger partial charge in [-0.25, -0.2) is 4.98 Å². The van der Waals surface area contributed by atoms with Gasteiger partial charge in [0.1, 0.15) is 0 Å². The van der Waals surface area contributed by atoms with Crippen molar-refractivity contribution in [2.24, 2.45) is 0 Å². The molecule has 1 aromatic rings. The summed E-state index contributed by atoms with van der Waals surface area (Å²) in [5, 5.41) is 4.27. The maximum Gasteiger partial charge on any atom is 0.186 e. The summed E-state index contributed by atoms with van der Waals surface area (Å²) in [6.07, 6.45) is 0. The summed E-state index contributed by atoms with van der Waals surface area (Å²) in [4.78, 5) is 8.26. The monoisotopic (exact) mass is 257 g/mol. The number of aromatic nitrogens is 1. The highest BCUT2D eigenvalue weighted by Gasteiger charge is 2.17. The van der Waals surface area contributed by atoms with E-state index >= 15 is 0 Å². The van der Waals surface area contributed by atoms with E-state index in [-0.39, 0.29) is 0 Å². The standard InChI is InChI=1S/C12H23N3OS/c1-6-15(9(2)8-16-5)12-14-10(3)11(17-12)7-13-4/h9,13H,6-8H2,1-5H3. The second kappa shape index (κ2) is 6.93. The molecule has 0 aliphatic carbocycles. The Bertz CT molecular complexity index is 340. The molecule has 1 rings (SSSR count). The van der Waals surface area contributed by atoms with Gasteiger partial charge < -0.3 is 15.0 Å². The molecule has 0 saturated carbocycles. The average Bonchev–Trinajstić information content (AvgIpc) is 2.62. The number of nitrogens with one attached hydrogen (secondary N) is 1. The summed E-state index contributed by atoms with van der Waals surface area (Å²) in [6, 6.07) is 0.359. The maximum atomic E-state index is 5.22. The van der Waals surface area contributed by atoms with Gasteiger partial charge in [-0.1, -0.05) is 0 Å². The normalized spacial score (nSPS) is 12.8. The fraction of sp³-hybridized carbons (Fsp3) is 0.750. The molecule has 0 amide bonds. The minimum absolute atomic E-state index is 0.359. The first-order valence-corrected chi connectivity index (χ1v) is 6.82. The number of methoxy groups -OCH3 is 1. The summed E-state index contributed by atoms with van der Waals surface area (Å²) < 4.78 is 5.22. The Kier molecular flexibility index (Phi) is 5.88. The second-order valence-corrected chi connectivity index (χ2v) is 5.19. The first-order valence-electron chi connectivity index (χ1n) is 6.00. The van der Waals surface area contributed by atoms with Gasteiger partial charge in [0.25, 0.3) is 0 Å². The van der Waals surface area contributed by atoms with E-state index in [1.54, 1.807) is 18.4 Å². The number of rotatable bonds is 7. The highest BCUT2D eigenvalue weighted by Crippen LogP contribution is 2.27. The van der Waals surface area contributed by atoms with Crippen molar-refractivity contribution >= 4 is 16.5 Å². The fourth-order valence-electron chi connectivity index (χ4n) is 1.83. The molecule has 0 saturated heterocycles. The summed E-state index contributed by atoms with van der Waals surface area (Å²) in [5.74, 6) is 0. The number of hydrogen-bond acceptors (Lipinski definition) is 5. The zero-order valence-corrected chi connectivity index (χ0v) is 12.2. The molecule has 1 atom stereocenters. The molecule has 0 bridgehead atoms. The van der Waals surface area contributed by atoms with Crippen LogP contribution >= 0.6 is 11.3 Å². The summed E-state index contributed by atoms with van der Waals surface area (Å²) in [6.45, 7) is 8.97. The maximum absolute atomic E-state index is 5.22. The minimum atomic E-state index is 0.359. The number of hydrogen-bond donors (Lipinski definition) is 1. The second-order valence-electron chi connectivity index (χ2n) is 4.13. The van der Waals surface area contributed by atoms with Crippen LogP contribution in [0, 0.1) is 6.92 Å². The van der Waals surface area contributed by atoms with Crippen molar-refractivity contribution < 1.29 is 4.74 Å².